The number of benzene rings is 2. The van der Waals surface area contributed by atoms with E-state index in [1.807, 2.05) is 48.5 Å². The van der Waals surface area contributed by atoms with Crippen LogP contribution in [0.2, 0.25) is 10.0 Å². The molecule has 36 heavy (non-hydrogen) atoms. The average molecular weight is 534 g/mol. The fraction of sp³-hybridized carbons (Fsp3) is 0.536. The van der Waals surface area contributed by atoms with Crippen molar-refractivity contribution in [2.45, 2.75) is 50.7 Å². The zero-order chi connectivity index (χ0) is 25.9. The zero-order valence-corrected chi connectivity index (χ0v) is 22.9. The van der Waals surface area contributed by atoms with E-state index in [0.717, 1.165) is 50.4 Å². The Hall–Kier alpha value is -1.67. The Morgan fingerprint density at radius 2 is 1.83 bits per heavy atom. The normalized spacial score (nSPS) is 27.2. The van der Waals surface area contributed by atoms with Gasteiger partial charge in [-0.25, -0.2) is 0 Å². The Morgan fingerprint density at radius 1 is 1.14 bits per heavy atom. The summed E-state index contributed by atoms with van der Waals surface area (Å²) in [6, 6.07) is 14.8. The third-order valence-corrected chi connectivity index (χ3v) is 7.77. The molecule has 0 radical (unpaired) electrons. The van der Waals surface area contributed by atoms with Gasteiger partial charge in [-0.2, -0.15) is 0 Å². The molecule has 8 heteroatoms. The lowest BCUT2D eigenvalue weighted by molar-refractivity contribution is -0.123. The van der Waals surface area contributed by atoms with E-state index < -0.39 is 11.6 Å². The van der Waals surface area contributed by atoms with Gasteiger partial charge in [0.25, 0.3) is 0 Å². The van der Waals surface area contributed by atoms with Crippen molar-refractivity contribution < 1.29 is 9.53 Å². The fourth-order valence-corrected chi connectivity index (χ4v) is 5.89. The monoisotopic (exact) mass is 532 g/mol. The van der Waals surface area contributed by atoms with Crippen molar-refractivity contribution in [3.8, 4) is 0 Å². The summed E-state index contributed by atoms with van der Waals surface area (Å²) in [6.45, 7) is 11.2. The van der Waals surface area contributed by atoms with Gasteiger partial charge in [0.2, 0.25) is 5.91 Å². The quantitative estimate of drug-likeness (QED) is 0.498. The number of nitrogens with two attached hydrogens (primary N) is 1. The van der Waals surface area contributed by atoms with Crippen molar-refractivity contribution in [2.75, 3.05) is 39.4 Å². The van der Waals surface area contributed by atoms with E-state index in [4.69, 9.17) is 33.7 Å². The van der Waals surface area contributed by atoms with Crippen LogP contribution in [0.25, 0.3) is 0 Å². The summed E-state index contributed by atoms with van der Waals surface area (Å²) in [4.78, 5) is 16.0. The summed E-state index contributed by atoms with van der Waals surface area (Å²) >= 11 is 12.7. The molecule has 2 aliphatic rings. The van der Waals surface area contributed by atoms with Gasteiger partial charge in [0.15, 0.2) is 0 Å². The number of nitrogens with one attached hydrogen (secondary N) is 2. The average Bonchev–Trinajstić information content (AvgIpc) is 3.11. The number of carbonyl (C=O) groups is 1. The fourth-order valence-electron chi connectivity index (χ4n) is 5.57. The van der Waals surface area contributed by atoms with Crippen molar-refractivity contribution >= 4 is 29.1 Å². The predicted octanol–water partition coefficient (Wildman–Crippen LogP) is 4.16. The van der Waals surface area contributed by atoms with Crippen molar-refractivity contribution in [2.24, 2.45) is 11.1 Å². The Kier molecular flexibility index (Phi) is 8.65. The van der Waals surface area contributed by atoms with E-state index in [1.54, 1.807) is 0 Å². The highest BCUT2D eigenvalue weighted by atomic mass is 35.5. The van der Waals surface area contributed by atoms with Gasteiger partial charge < -0.3 is 21.1 Å². The summed E-state index contributed by atoms with van der Waals surface area (Å²) in [5, 5.41) is 8.11. The third-order valence-electron chi connectivity index (χ3n) is 7.29. The van der Waals surface area contributed by atoms with Gasteiger partial charge in [0, 0.05) is 48.2 Å². The summed E-state index contributed by atoms with van der Waals surface area (Å²) in [6.07, 6.45) is 0.792. The second kappa shape index (κ2) is 11.4. The van der Waals surface area contributed by atoms with Gasteiger partial charge in [0.1, 0.15) is 0 Å². The molecule has 4 N–H and O–H groups in total. The number of carbonyl (C=O) groups excluding carboxylic acids is 1. The molecule has 2 saturated heterocycles. The molecule has 4 atom stereocenters. The first-order chi connectivity index (χ1) is 17.1. The number of morpholine rings is 1. The molecule has 2 aromatic rings. The highest BCUT2D eigenvalue weighted by Crippen LogP contribution is 2.48. The number of hydrogen-bond donors (Lipinski definition) is 3. The van der Waals surface area contributed by atoms with Crippen LogP contribution in [0.4, 0.5) is 0 Å². The van der Waals surface area contributed by atoms with Crippen LogP contribution in [0.5, 0.6) is 0 Å². The molecule has 1 amide bonds. The van der Waals surface area contributed by atoms with Gasteiger partial charge in [-0.3, -0.25) is 9.69 Å². The van der Waals surface area contributed by atoms with Crippen molar-refractivity contribution in [3.63, 3.8) is 0 Å². The maximum atomic E-state index is 13.7. The van der Waals surface area contributed by atoms with Crippen LogP contribution in [0.15, 0.2) is 48.5 Å². The second-order valence-corrected chi connectivity index (χ2v) is 12.1. The minimum Gasteiger partial charge on any atom is -0.379 e. The van der Waals surface area contributed by atoms with Crippen molar-refractivity contribution in [1.29, 1.82) is 0 Å². The lowest BCUT2D eigenvalue weighted by atomic mass is 9.68. The summed E-state index contributed by atoms with van der Waals surface area (Å²) < 4.78 is 5.43. The van der Waals surface area contributed by atoms with Crippen LogP contribution >= 0.6 is 23.2 Å². The zero-order valence-electron chi connectivity index (χ0n) is 21.4. The number of hydrogen-bond acceptors (Lipinski definition) is 5. The third kappa shape index (κ3) is 6.24. The molecule has 6 nitrogen and oxygen atoms in total. The molecule has 2 fully saturated rings. The SMILES string of the molecule is CC(C)(C)C[C@@H]1N[C@@H](C(=O)NCCN2CCOCC2)[C@H](c2cccc(Cl)c2)C1(N)c1ccc(Cl)cc1. The Balaban J connectivity index is 1.68. The molecule has 1 unspecified atom stereocenters. The second-order valence-electron chi connectivity index (χ2n) is 11.2. The molecule has 4 rings (SSSR count). The lowest BCUT2D eigenvalue weighted by Gasteiger charge is -2.39. The molecule has 0 aromatic heterocycles. The molecule has 0 bridgehead atoms. The first-order valence-electron chi connectivity index (χ1n) is 12.7. The molecule has 196 valence electrons. The molecular formula is C28H38Cl2N4O2. The first-order valence-corrected chi connectivity index (χ1v) is 13.5. The maximum Gasteiger partial charge on any atom is 0.237 e. The van der Waals surface area contributed by atoms with E-state index in [-0.39, 0.29) is 23.3 Å². The largest absolute Gasteiger partial charge is 0.379 e. The van der Waals surface area contributed by atoms with E-state index in [1.165, 1.54) is 0 Å². The van der Waals surface area contributed by atoms with Crippen LogP contribution in [-0.4, -0.2) is 62.3 Å². The number of amides is 1. The Morgan fingerprint density at radius 3 is 2.47 bits per heavy atom. The summed E-state index contributed by atoms with van der Waals surface area (Å²) in [5.74, 6) is -0.374. The Bertz CT molecular complexity index is 1040. The number of nitrogens with zero attached hydrogens (tertiary/aromatic N) is 1. The molecule has 0 saturated carbocycles. The number of halogens is 2. The minimum atomic E-state index is -0.852. The highest BCUT2D eigenvalue weighted by Gasteiger charge is 2.56. The van der Waals surface area contributed by atoms with E-state index >= 15 is 0 Å². The molecule has 2 aromatic carbocycles. The lowest BCUT2D eigenvalue weighted by Crippen LogP contribution is -2.51. The van der Waals surface area contributed by atoms with Crippen LogP contribution in [0.1, 0.15) is 44.2 Å². The number of rotatable bonds is 7. The molecule has 0 aliphatic carbocycles. The van der Waals surface area contributed by atoms with Crippen molar-refractivity contribution in [3.05, 3.63) is 69.7 Å². The molecule has 2 aliphatic heterocycles. The topological polar surface area (TPSA) is 79.6 Å². The van der Waals surface area contributed by atoms with Crippen LogP contribution < -0.4 is 16.4 Å². The van der Waals surface area contributed by atoms with Gasteiger partial charge >= 0.3 is 0 Å². The Labute approximate surface area is 224 Å². The van der Waals surface area contributed by atoms with E-state index in [2.05, 4.69) is 36.3 Å². The van der Waals surface area contributed by atoms with Gasteiger partial charge in [0.05, 0.1) is 24.8 Å². The smallest absolute Gasteiger partial charge is 0.237 e. The standard InChI is InChI=1S/C28H38Cl2N4O2/c1-27(2,3)18-23-28(31,20-7-9-21(29)10-8-20)24(19-5-4-6-22(30)17-19)25(33-23)26(35)32-11-12-34-13-15-36-16-14-34/h4-10,17,23-25,33H,11-16,18,31H2,1-3H3,(H,32,35)/t23-,24-,25+,28?/m0/s1. The summed E-state index contributed by atoms with van der Waals surface area (Å²) in [5.41, 5.74) is 8.46. The van der Waals surface area contributed by atoms with Crippen molar-refractivity contribution in [1.82, 2.24) is 15.5 Å². The maximum absolute atomic E-state index is 13.7. The summed E-state index contributed by atoms with van der Waals surface area (Å²) in [7, 11) is 0. The molecular weight excluding hydrogens is 495 g/mol. The van der Waals surface area contributed by atoms with Gasteiger partial charge in [-0.1, -0.05) is 68.2 Å². The first kappa shape index (κ1) is 27.4. The minimum absolute atomic E-state index is 0.00467. The predicted molar refractivity (Wildman–Crippen MR) is 147 cm³/mol. The number of ether oxygens (including phenoxy) is 1. The van der Waals surface area contributed by atoms with E-state index in [9.17, 15) is 4.79 Å². The van der Waals surface area contributed by atoms with Crippen LogP contribution in [0.3, 0.4) is 0 Å². The molecule has 2 heterocycles. The van der Waals surface area contributed by atoms with Crippen LogP contribution in [0, 0.1) is 5.41 Å². The highest BCUT2D eigenvalue weighted by molar-refractivity contribution is 6.30. The van der Waals surface area contributed by atoms with Gasteiger partial charge in [-0.15, -0.1) is 0 Å². The van der Waals surface area contributed by atoms with Crippen LogP contribution in [-0.2, 0) is 15.1 Å². The van der Waals surface area contributed by atoms with E-state index in [0.29, 0.717) is 16.6 Å². The molecule has 0 spiro atoms. The van der Waals surface area contributed by atoms with Gasteiger partial charge in [-0.05, 0) is 47.2 Å².